The summed E-state index contributed by atoms with van der Waals surface area (Å²) in [7, 11) is 0. The largest absolute Gasteiger partial charge is 0.360 e. The quantitative estimate of drug-likeness (QED) is 0.896. The number of quaternary nitrogens is 1. The monoisotopic (exact) mass is 310 g/mol. The van der Waals surface area contributed by atoms with Crippen molar-refractivity contribution < 1.29 is 9.69 Å². The number of hydrogen-bond acceptors (Lipinski definition) is 2. The lowest BCUT2D eigenvalue weighted by atomic mass is 10.2. The molecule has 1 saturated heterocycles. The second-order valence-electron chi connectivity index (χ2n) is 6.06. The van der Waals surface area contributed by atoms with E-state index in [-0.39, 0.29) is 11.9 Å². The minimum Gasteiger partial charge on any atom is -0.360 e. The van der Waals surface area contributed by atoms with Gasteiger partial charge < -0.3 is 15.1 Å². The van der Waals surface area contributed by atoms with Crippen LogP contribution in [0.1, 0.15) is 6.92 Å². The van der Waals surface area contributed by atoms with Gasteiger partial charge in [-0.1, -0.05) is 36.4 Å². The topological polar surface area (TPSA) is 36.8 Å². The van der Waals surface area contributed by atoms with E-state index in [1.54, 1.807) is 0 Å². The van der Waals surface area contributed by atoms with Crippen molar-refractivity contribution in [3.05, 3.63) is 60.7 Å². The molecule has 1 aliphatic heterocycles. The van der Waals surface area contributed by atoms with Gasteiger partial charge >= 0.3 is 0 Å². The molecule has 0 aliphatic carbocycles. The Morgan fingerprint density at radius 3 is 2.17 bits per heavy atom. The number of para-hydroxylation sites is 2. The van der Waals surface area contributed by atoms with Crippen LogP contribution in [-0.4, -0.2) is 38.1 Å². The van der Waals surface area contributed by atoms with Gasteiger partial charge in [0.15, 0.2) is 6.04 Å². The fourth-order valence-corrected chi connectivity index (χ4v) is 3.08. The van der Waals surface area contributed by atoms with Gasteiger partial charge in [0.25, 0.3) is 5.91 Å². The van der Waals surface area contributed by atoms with Crippen molar-refractivity contribution in [3.8, 4) is 0 Å². The summed E-state index contributed by atoms with van der Waals surface area (Å²) in [6.45, 7) is 5.97. The molecule has 0 unspecified atom stereocenters. The Labute approximate surface area is 137 Å². The summed E-state index contributed by atoms with van der Waals surface area (Å²) < 4.78 is 0. The number of anilines is 2. The van der Waals surface area contributed by atoms with Gasteiger partial charge in [-0.2, -0.15) is 0 Å². The first-order valence-electron chi connectivity index (χ1n) is 8.24. The van der Waals surface area contributed by atoms with Crippen LogP contribution in [-0.2, 0) is 4.79 Å². The molecule has 1 amide bonds. The number of benzene rings is 2. The van der Waals surface area contributed by atoms with E-state index < -0.39 is 0 Å². The zero-order valence-corrected chi connectivity index (χ0v) is 13.5. The van der Waals surface area contributed by atoms with Crippen LogP contribution in [0.5, 0.6) is 0 Å². The fourth-order valence-electron chi connectivity index (χ4n) is 3.08. The third-order valence-electron chi connectivity index (χ3n) is 4.57. The molecule has 0 bridgehead atoms. The zero-order valence-electron chi connectivity index (χ0n) is 13.5. The summed E-state index contributed by atoms with van der Waals surface area (Å²) in [6.07, 6.45) is 0. The van der Waals surface area contributed by atoms with Gasteiger partial charge in [0.1, 0.15) is 0 Å². The lowest BCUT2D eigenvalue weighted by Crippen LogP contribution is -3.19. The van der Waals surface area contributed by atoms with Crippen molar-refractivity contribution in [1.82, 2.24) is 0 Å². The Bertz CT molecular complexity index is 622. The Morgan fingerprint density at radius 1 is 1.00 bits per heavy atom. The van der Waals surface area contributed by atoms with Gasteiger partial charge in [-0.3, -0.25) is 4.79 Å². The standard InChI is InChI=1S/C19H23N3O/c1-16(19(23)20-17-8-4-2-5-9-17)21-12-14-22(15-13-21)18-10-6-3-7-11-18/h2-11,16H,12-15H2,1H3,(H,20,23)/p+1/t16-/m0/s1. The first-order valence-corrected chi connectivity index (χ1v) is 8.24. The Kier molecular flexibility index (Phi) is 4.93. The Morgan fingerprint density at radius 2 is 1.57 bits per heavy atom. The van der Waals surface area contributed by atoms with Crippen LogP contribution in [0.2, 0.25) is 0 Å². The number of carbonyl (C=O) groups excluding carboxylic acids is 1. The molecule has 1 atom stereocenters. The van der Waals surface area contributed by atoms with Crippen LogP contribution in [0.15, 0.2) is 60.7 Å². The molecular formula is C19H24N3O+. The Balaban J connectivity index is 1.53. The van der Waals surface area contributed by atoms with Gasteiger partial charge in [0.05, 0.1) is 26.2 Å². The number of piperazine rings is 1. The first kappa shape index (κ1) is 15.6. The molecule has 1 aliphatic rings. The Hall–Kier alpha value is -2.33. The highest BCUT2D eigenvalue weighted by atomic mass is 16.2. The van der Waals surface area contributed by atoms with Crippen LogP contribution in [0, 0.1) is 0 Å². The predicted octanol–water partition coefficient (Wildman–Crippen LogP) is 1.42. The van der Waals surface area contributed by atoms with Crippen LogP contribution in [0.3, 0.4) is 0 Å². The molecule has 1 fully saturated rings. The minimum atomic E-state index is -0.0341. The van der Waals surface area contributed by atoms with E-state index in [2.05, 4.69) is 34.5 Å². The lowest BCUT2D eigenvalue weighted by Gasteiger charge is -2.36. The molecule has 2 aromatic rings. The number of nitrogens with zero attached hydrogens (tertiary/aromatic N) is 1. The molecule has 23 heavy (non-hydrogen) atoms. The molecule has 2 N–H and O–H groups in total. The van der Waals surface area contributed by atoms with Crippen LogP contribution < -0.4 is 15.1 Å². The summed E-state index contributed by atoms with van der Waals surface area (Å²) in [6, 6.07) is 20.1. The van der Waals surface area contributed by atoms with E-state index >= 15 is 0 Å². The zero-order chi connectivity index (χ0) is 16.1. The van der Waals surface area contributed by atoms with Crippen molar-refractivity contribution in [2.24, 2.45) is 0 Å². The molecule has 0 radical (unpaired) electrons. The summed E-state index contributed by atoms with van der Waals surface area (Å²) >= 11 is 0. The number of rotatable bonds is 4. The van der Waals surface area contributed by atoms with E-state index in [0.29, 0.717) is 0 Å². The van der Waals surface area contributed by atoms with E-state index in [1.165, 1.54) is 10.6 Å². The van der Waals surface area contributed by atoms with Gasteiger partial charge in [-0.05, 0) is 31.2 Å². The molecule has 0 saturated carbocycles. The van der Waals surface area contributed by atoms with Crippen molar-refractivity contribution >= 4 is 17.3 Å². The first-order chi connectivity index (χ1) is 11.2. The average molecular weight is 310 g/mol. The predicted molar refractivity (Wildman–Crippen MR) is 93.9 cm³/mol. The number of carbonyl (C=O) groups is 1. The third kappa shape index (κ3) is 3.90. The molecule has 4 heteroatoms. The second-order valence-corrected chi connectivity index (χ2v) is 6.06. The molecular weight excluding hydrogens is 286 g/mol. The second kappa shape index (κ2) is 7.29. The molecule has 3 rings (SSSR count). The lowest BCUT2D eigenvalue weighted by molar-refractivity contribution is -0.914. The SMILES string of the molecule is C[C@@H](C(=O)Nc1ccccc1)[NH+]1CCN(c2ccccc2)CC1. The van der Waals surface area contributed by atoms with Crippen molar-refractivity contribution in [2.45, 2.75) is 13.0 Å². The molecule has 4 nitrogen and oxygen atoms in total. The smallest absolute Gasteiger partial charge is 0.282 e. The third-order valence-corrected chi connectivity index (χ3v) is 4.57. The van der Waals surface area contributed by atoms with Gasteiger partial charge in [-0.15, -0.1) is 0 Å². The number of nitrogens with one attached hydrogen (secondary N) is 2. The molecule has 2 aromatic carbocycles. The molecule has 1 heterocycles. The summed E-state index contributed by atoms with van der Waals surface area (Å²) in [5.74, 6) is 0.0966. The minimum absolute atomic E-state index is 0.0341. The molecule has 0 aromatic heterocycles. The van der Waals surface area contributed by atoms with Crippen molar-refractivity contribution in [1.29, 1.82) is 0 Å². The summed E-state index contributed by atoms with van der Waals surface area (Å²) in [4.78, 5) is 16.2. The van der Waals surface area contributed by atoms with Crippen molar-refractivity contribution in [3.63, 3.8) is 0 Å². The maximum absolute atomic E-state index is 12.4. The maximum atomic E-state index is 12.4. The van der Waals surface area contributed by atoms with Crippen LogP contribution in [0.25, 0.3) is 0 Å². The van der Waals surface area contributed by atoms with Gasteiger partial charge in [0, 0.05) is 11.4 Å². The van der Waals surface area contributed by atoms with Crippen molar-refractivity contribution in [2.75, 3.05) is 36.4 Å². The van der Waals surface area contributed by atoms with Crippen LogP contribution in [0.4, 0.5) is 11.4 Å². The number of hydrogen-bond donors (Lipinski definition) is 2. The number of amides is 1. The normalized spacial score (nSPS) is 16.8. The highest BCUT2D eigenvalue weighted by Crippen LogP contribution is 2.12. The highest BCUT2D eigenvalue weighted by Gasteiger charge is 2.29. The molecule has 0 spiro atoms. The summed E-state index contributed by atoms with van der Waals surface area (Å²) in [5, 5.41) is 3.01. The summed E-state index contributed by atoms with van der Waals surface area (Å²) in [5.41, 5.74) is 2.14. The van der Waals surface area contributed by atoms with E-state index in [1.807, 2.05) is 43.3 Å². The van der Waals surface area contributed by atoms with Gasteiger partial charge in [0.2, 0.25) is 0 Å². The van der Waals surface area contributed by atoms with E-state index in [9.17, 15) is 4.79 Å². The van der Waals surface area contributed by atoms with Gasteiger partial charge in [-0.25, -0.2) is 0 Å². The maximum Gasteiger partial charge on any atom is 0.282 e. The van der Waals surface area contributed by atoms with E-state index in [4.69, 9.17) is 0 Å². The molecule has 120 valence electrons. The van der Waals surface area contributed by atoms with Crippen LogP contribution >= 0.6 is 0 Å². The highest BCUT2D eigenvalue weighted by molar-refractivity contribution is 5.93. The van der Waals surface area contributed by atoms with E-state index in [0.717, 1.165) is 31.9 Å². The average Bonchev–Trinajstić information content (AvgIpc) is 2.63. The fraction of sp³-hybridized carbons (Fsp3) is 0.316.